The predicted molar refractivity (Wildman–Crippen MR) is 109 cm³/mol. The van der Waals surface area contributed by atoms with Crippen LogP contribution < -0.4 is 0 Å². The van der Waals surface area contributed by atoms with Crippen molar-refractivity contribution in [1.29, 1.82) is 0 Å². The van der Waals surface area contributed by atoms with Crippen LogP contribution in [0.4, 0.5) is 0 Å². The third-order valence-corrected chi connectivity index (χ3v) is 5.59. The van der Waals surface area contributed by atoms with Crippen LogP contribution in [0.15, 0.2) is 53.4 Å². The van der Waals surface area contributed by atoms with E-state index < -0.39 is 0 Å². The van der Waals surface area contributed by atoms with Crippen LogP contribution in [0.3, 0.4) is 0 Å². The van der Waals surface area contributed by atoms with Crippen LogP contribution in [0.25, 0.3) is 0 Å². The largest absolute Gasteiger partial charge is 0.120 e. The molecule has 0 fully saturated rings. The summed E-state index contributed by atoms with van der Waals surface area (Å²) in [6, 6.07) is 18.2. The van der Waals surface area contributed by atoms with E-state index in [0.29, 0.717) is 0 Å². The van der Waals surface area contributed by atoms with Gasteiger partial charge in [-0.3, -0.25) is 0 Å². The third-order valence-electron chi connectivity index (χ3n) is 4.47. The topological polar surface area (TPSA) is 0 Å². The van der Waals surface area contributed by atoms with Crippen molar-refractivity contribution >= 4 is 11.8 Å². The van der Waals surface area contributed by atoms with Crippen molar-refractivity contribution < 1.29 is 0 Å². The van der Waals surface area contributed by atoms with E-state index in [1.54, 1.807) is 0 Å². The second kappa shape index (κ2) is 6.59. The zero-order valence-corrected chi connectivity index (χ0v) is 17.3. The molecule has 0 aliphatic heterocycles. The second-order valence-electron chi connectivity index (χ2n) is 9.19. The molecule has 0 aliphatic rings. The first-order valence-electron chi connectivity index (χ1n) is 8.80. The van der Waals surface area contributed by atoms with Gasteiger partial charge in [-0.05, 0) is 34.2 Å². The van der Waals surface area contributed by atoms with Gasteiger partial charge in [-0.15, -0.1) is 11.8 Å². The zero-order valence-electron chi connectivity index (χ0n) is 16.5. The summed E-state index contributed by atoms with van der Waals surface area (Å²) < 4.78 is 0.250. The molecular formula is C23H32S. The molecule has 2 aromatic rings. The number of thioether (sulfide) groups is 1. The van der Waals surface area contributed by atoms with Crippen molar-refractivity contribution in [3.8, 4) is 0 Å². The van der Waals surface area contributed by atoms with E-state index in [2.05, 4.69) is 104 Å². The van der Waals surface area contributed by atoms with Crippen molar-refractivity contribution in [3.63, 3.8) is 0 Å². The van der Waals surface area contributed by atoms with Gasteiger partial charge in [-0.1, -0.05) is 91.8 Å². The molecule has 130 valence electrons. The van der Waals surface area contributed by atoms with Crippen molar-refractivity contribution in [2.75, 3.05) is 0 Å². The fourth-order valence-electron chi connectivity index (χ4n) is 2.85. The SMILES string of the molecule is CC(C)(C)Sc1ccc(C(C)(C)c2ccc(C(C)(C)C)cc2)cc1. The molecule has 0 atom stereocenters. The molecule has 2 aromatic carbocycles. The van der Waals surface area contributed by atoms with Gasteiger partial charge in [0.15, 0.2) is 0 Å². The van der Waals surface area contributed by atoms with Gasteiger partial charge in [-0.2, -0.15) is 0 Å². The van der Waals surface area contributed by atoms with E-state index in [1.807, 2.05) is 11.8 Å². The standard InChI is InChI=1S/C23H32S/c1-21(2,3)17-9-11-18(12-10-17)23(7,8)19-13-15-20(16-14-19)24-22(4,5)6/h9-16H,1-8H3. The average Bonchev–Trinajstić information content (AvgIpc) is 2.45. The molecule has 0 heterocycles. The van der Waals surface area contributed by atoms with Crippen molar-refractivity contribution in [3.05, 3.63) is 65.2 Å². The minimum absolute atomic E-state index is 0.0152. The summed E-state index contributed by atoms with van der Waals surface area (Å²) in [5.41, 5.74) is 4.34. The first-order chi connectivity index (χ1) is 10.9. The molecule has 0 saturated carbocycles. The quantitative estimate of drug-likeness (QED) is 0.532. The minimum Gasteiger partial charge on any atom is -0.120 e. The molecule has 0 spiro atoms. The van der Waals surface area contributed by atoms with Gasteiger partial charge in [0.2, 0.25) is 0 Å². The lowest BCUT2D eigenvalue weighted by Gasteiger charge is -2.28. The highest BCUT2D eigenvalue weighted by molar-refractivity contribution is 8.00. The Hall–Kier alpha value is -1.21. The molecule has 0 unspecified atom stereocenters. The number of hydrogen-bond acceptors (Lipinski definition) is 1. The first-order valence-corrected chi connectivity index (χ1v) is 9.62. The molecule has 0 saturated heterocycles. The second-order valence-corrected chi connectivity index (χ2v) is 11.1. The van der Waals surface area contributed by atoms with Crippen LogP contribution in [0, 0.1) is 0 Å². The normalized spacial score (nSPS) is 13.2. The van der Waals surface area contributed by atoms with Crippen molar-refractivity contribution in [2.45, 2.75) is 75.9 Å². The molecular weight excluding hydrogens is 308 g/mol. The van der Waals surface area contributed by atoms with Gasteiger partial charge in [0, 0.05) is 15.1 Å². The highest BCUT2D eigenvalue weighted by Crippen LogP contribution is 2.36. The van der Waals surface area contributed by atoms with E-state index >= 15 is 0 Å². The smallest absolute Gasteiger partial charge is 0.0146 e. The lowest BCUT2D eigenvalue weighted by atomic mass is 9.77. The van der Waals surface area contributed by atoms with Gasteiger partial charge in [-0.25, -0.2) is 0 Å². The van der Waals surface area contributed by atoms with Crippen molar-refractivity contribution in [1.82, 2.24) is 0 Å². The Labute approximate surface area is 153 Å². The predicted octanol–water partition coefficient (Wildman–Crippen LogP) is 7.20. The third kappa shape index (κ3) is 4.66. The van der Waals surface area contributed by atoms with E-state index in [4.69, 9.17) is 0 Å². The number of benzene rings is 2. The Kier molecular flexibility index (Phi) is 5.25. The first kappa shape index (κ1) is 19.1. The Morgan fingerprint density at radius 1 is 0.542 bits per heavy atom. The highest BCUT2D eigenvalue weighted by Gasteiger charge is 2.24. The summed E-state index contributed by atoms with van der Waals surface area (Å²) in [5.74, 6) is 0. The fourth-order valence-corrected chi connectivity index (χ4v) is 3.83. The summed E-state index contributed by atoms with van der Waals surface area (Å²) in [7, 11) is 0. The summed E-state index contributed by atoms with van der Waals surface area (Å²) in [4.78, 5) is 1.34. The van der Waals surface area contributed by atoms with E-state index in [1.165, 1.54) is 21.6 Å². The van der Waals surface area contributed by atoms with Crippen LogP contribution in [-0.2, 0) is 10.8 Å². The monoisotopic (exact) mass is 340 g/mol. The molecule has 0 bridgehead atoms. The van der Waals surface area contributed by atoms with Gasteiger partial charge >= 0.3 is 0 Å². The Balaban J connectivity index is 2.26. The lowest BCUT2D eigenvalue weighted by molar-refractivity contribution is 0.587. The van der Waals surface area contributed by atoms with Crippen molar-refractivity contribution in [2.24, 2.45) is 0 Å². The van der Waals surface area contributed by atoms with Crippen LogP contribution in [0.5, 0.6) is 0 Å². The maximum absolute atomic E-state index is 2.31. The summed E-state index contributed by atoms with van der Waals surface area (Å²) >= 11 is 1.92. The fraction of sp³-hybridized carbons (Fsp3) is 0.478. The summed E-state index contributed by atoms with van der Waals surface area (Å²) in [6.07, 6.45) is 0. The molecule has 0 aliphatic carbocycles. The number of rotatable bonds is 3. The van der Waals surface area contributed by atoms with Gasteiger partial charge in [0.1, 0.15) is 0 Å². The molecule has 0 aromatic heterocycles. The van der Waals surface area contributed by atoms with Crippen LogP contribution in [0.1, 0.15) is 72.1 Å². The lowest BCUT2D eigenvalue weighted by Crippen LogP contribution is -2.19. The molecule has 24 heavy (non-hydrogen) atoms. The molecule has 0 nitrogen and oxygen atoms in total. The Morgan fingerprint density at radius 2 is 0.917 bits per heavy atom. The van der Waals surface area contributed by atoms with Crippen LogP contribution >= 0.6 is 11.8 Å². The molecule has 2 rings (SSSR count). The highest BCUT2D eigenvalue weighted by atomic mass is 32.2. The molecule has 0 radical (unpaired) electrons. The van der Waals surface area contributed by atoms with Gasteiger partial charge < -0.3 is 0 Å². The zero-order chi connectivity index (χ0) is 18.2. The van der Waals surface area contributed by atoms with Crippen LogP contribution in [0.2, 0.25) is 0 Å². The molecule has 0 amide bonds. The minimum atomic E-state index is 0.0152. The Bertz CT molecular complexity index is 662. The average molecular weight is 341 g/mol. The Morgan fingerprint density at radius 3 is 1.29 bits per heavy atom. The maximum Gasteiger partial charge on any atom is 0.0146 e. The number of hydrogen-bond donors (Lipinski definition) is 0. The van der Waals surface area contributed by atoms with E-state index in [0.717, 1.165) is 0 Å². The van der Waals surface area contributed by atoms with Gasteiger partial charge in [0.05, 0.1) is 0 Å². The van der Waals surface area contributed by atoms with E-state index in [9.17, 15) is 0 Å². The summed E-state index contributed by atoms with van der Waals surface area (Å²) in [5, 5.41) is 0. The molecule has 1 heteroatoms. The molecule has 0 N–H and O–H groups in total. The maximum atomic E-state index is 2.31. The van der Waals surface area contributed by atoms with E-state index in [-0.39, 0.29) is 15.6 Å². The van der Waals surface area contributed by atoms with Gasteiger partial charge in [0.25, 0.3) is 0 Å². The van der Waals surface area contributed by atoms with Crippen LogP contribution in [-0.4, -0.2) is 4.75 Å². The summed E-state index contributed by atoms with van der Waals surface area (Å²) in [6.45, 7) is 18.2.